The number of pyridine rings is 2. The SMILES string of the molecule is COCC[C@H](c1nccc(C)c1F)N1C[C@@H](C)N(C(=O)C(C)C)[C@@H](C(=O)NCc2ccc(-c3cccc(OC(F)(F)F)n3)cc2)C1. The van der Waals surface area contributed by atoms with E-state index in [4.69, 9.17) is 4.74 Å². The lowest BCUT2D eigenvalue weighted by Gasteiger charge is -2.47. The van der Waals surface area contributed by atoms with Gasteiger partial charge in [0.2, 0.25) is 17.7 Å². The number of rotatable bonds is 11. The van der Waals surface area contributed by atoms with Crippen molar-refractivity contribution in [1.82, 2.24) is 25.1 Å². The molecule has 2 aromatic heterocycles. The highest BCUT2D eigenvalue weighted by Crippen LogP contribution is 2.31. The molecule has 1 N–H and O–H groups in total. The topological polar surface area (TPSA) is 96.9 Å². The maximum Gasteiger partial charge on any atom is 0.574 e. The maximum atomic E-state index is 15.3. The minimum atomic E-state index is -4.85. The van der Waals surface area contributed by atoms with Crippen molar-refractivity contribution in [3.63, 3.8) is 0 Å². The first-order valence-electron chi connectivity index (χ1n) is 15.0. The average Bonchev–Trinajstić information content (AvgIpc) is 3.01. The Morgan fingerprint density at radius 3 is 2.46 bits per heavy atom. The van der Waals surface area contributed by atoms with Gasteiger partial charge in [0.25, 0.3) is 0 Å². The number of aryl methyl sites for hydroxylation is 1. The van der Waals surface area contributed by atoms with Gasteiger partial charge in [-0.25, -0.2) is 9.37 Å². The fourth-order valence-electron chi connectivity index (χ4n) is 5.62. The number of hydrogen-bond acceptors (Lipinski definition) is 7. The van der Waals surface area contributed by atoms with Gasteiger partial charge in [-0.05, 0) is 43.5 Å². The number of piperazine rings is 1. The number of amides is 2. The molecule has 0 radical (unpaired) electrons. The first-order chi connectivity index (χ1) is 21.8. The largest absolute Gasteiger partial charge is 0.574 e. The van der Waals surface area contributed by atoms with Gasteiger partial charge in [-0.2, -0.15) is 0 Å². The van der Waals surface area contributed by atoms with Gasteiger partial charge >= 0.3 is 6.36 Å². The fourth-order valence-corrected chi connectivity index (χ4v) is 5.62. The molecule has 1 aromatic carbocycles. The fraction of sp³-hybridized carbons (Fsp3) is 0.455. The highest BCUT2D eigenvalue weighted by Gasteiger charge is 2.42. The van der Waals surface area contributed by atoms with Crippen molar-refractivity contribution in [3.8, 4) is 17.1 Å². The average molecular weight is 646 g/mol. The molecule has 1 fully saturated rings. The van der Waals surface area contributed by atoms with Crippen molar-refractivity contribution in [2.24, 2.45) is 5.92 Å². The van der Waals surface area contributed by atoms with Crippen molar-refractivity contribution in [1.29, 1.82) is 0 Å². The van der Waals surface area contributed by atoms with Gasteiger partial charge < -0.3 is 19.7 Å². The van der Waals surface area contributed by atoms with Crippen LogP contribution in [0.5, 0.6) is 5.88 Å². The van der Waals surface area contributed by atoms with Crippen molar-refractivity contribution < 1.29 is 36.6 Å². The van der Waals surface area contributed by atoms with Crippen LogP contribution >= 0.6 is 0 Å². The van der Waals surface area contributed by atoms with E-state index in [0.717, 1.165) is 11.6 Å². The van der Waals surface area contributed by atoms with Crippen LogP contribution in [-0.2, 0) is 20.9 Å². The number of carbonyl (C=O) groups is 2. The van der Waals surface area contributed by atoms with Gasteiger partial charge in [0, 0.05) is 63.1 Å². The Labute approximate surface area is 265 Å². The molecule has 13 heteroatoms. The molecule has 1 aliphatic heterocycles. The van der Waals surface area contributed by atoms with Crippen molar-refractivity contribution in [2.75, 3.05) is 26.8 Å². The Morgan fingerprint density at radius 2 is 1.80 bits per heavy atom. The number of nitrogens with one attached hydrogen (secondary N) is 1. The molecule has 0 aliphatic carbocycles. The van der Waals surface area contributed by atoms with E-state index in [0.29, 0.717) is 36.4 Å². The summed E-state index contributed by atoms with van der Waals surface area (Å²) < 4.78 is 62.4. The first kappa shape index (κ1) is 34.8. The summed E-state index contributed by atoms with van der Waals surface area (Å²) in [5.41, 5.74) is 2.32. The Kier molecular flexibility index (Phi) is 11.3. The van der Waals surface area contributed by atoms with Gasteiger partial charge in [-0.3, -0.25) is 19.5 Å². The molecule has 0 unspecified atom stereocenters. The number of benzene rings is 1. The Bertz CT molecular complexity index is 1500. The van der Waals surface area contributed by atoms with Crippen LogP contribution in [0.1, 0.15) is 50.1 Å². The van der Waals surface area contributed by atoms with Crippen molar-refractivity contribution >= 4 is 11.8 Å². The molecular weight excluding hydrogens is 606 g/mol. The number of aromatic nitrogens is 2. The summed E-state index contributed by atoms with van der Waals surface area (Å²) in [6.07, 6.45) is -2.85. The second-order valence-electron chi connectivity index (χ2n) is 11.7. The number of methoxy groups -OCH3 is 1. The van der Waals surface area contributed by atoms with E-state index < -0.39 is 30.1 Å². The second-order valence-corrected chi connectivity index (χ2v) is 11.7. The van der Waals surface area contributed by atoms with E-state index in [2.05, 4.69) is 20.0 Å². The van der Waals surface area contributed by atoms with E-state index in [1.165, 1.54) is 6.07 Å². The molecule has 0 spiro atoms. The van der Waals surface area contributed by atoms with E-state index in [9.17, 15) is 22.8 Å². The number of hydrogen-bond donors (Lipinski definition) is 1. The predicted octanol–water partition coefficient (Wildman–Crippen LogP) is 5.44. The Morgan fingerprint density at radius 1 is 1.09 bits per heavy atom. The third kappa shape index (κ3) is 8.58. The summed E-state index contributed by atoms with van der Waals surface area (Å²) in [4.78, 5) is 39.0. The van der Waals surface area contributed by atoms with Crippen LogP contribution in [0.4, 0.5) is 17.6 Å². The van der Waals surface area contributed by atoms with E-state index in [1.807, 2.05) is 11.8 Å². The summed E-state index contributed by atoms with van der Waals surface area (Å²) in [5.74, 6) is -1.84. The maximum absolute atomic E-state index is 15.3. The van der Waals surface area contributed by atoms with E-state index in [-0.39, 0.29) is 42.6 Å². The molecule has 2 amide bonds. The lowest BCUT2D eigenvalue weighted by atomic mass is 9.97. The molecule has 0 saturated carbocycles. The molecule has 9 nitrogen and oxygen atoms in total. The lowest BCUT2D eigenvalue weighted by Crippen LogP contribution is -2.65. The second kappa shape index (κ2) is 15.0. The number of nitrogens with zero attached hydrogens (tertiary/aromatic N) is 4. The van der Waals surface area contributed by atoms with Gasteiger partial charge in [-0.1, -0.05) is 44.2 Å². The van der Waals surface area contributed by atoms with Crippen molar-refractivity contribution in [3.05, 3.63) is 77.4 Å². The zero-order chi connectivity index (χ0) is 33.6. The Hall–Kier alpha value is -4.10. The monoisotopic (exact) mass is 645 g/mol. The van der Waals surface area contributed by atoms with Crippen LogP contribution in [0.15, 0.2) is 54.7 Å². The molecule has 3 atom stereocenters. The van der Waals surface area contributed by atoms with Gasteiger partial charge in [0.05, 0.1) is 17.4 Å². The quantitative estimate of drug-likeness (QED) is 0.278. The minimum Gasteiger partial charge on any atom is -0.388 e. The van der Waals surface area contributed by atoms with E-state index in [1.54, 1.807) is 75.4 Å². The standard InChI is InChI=1S/C33H39F4N5O4/c1-20(2)32(44)42-22(4)18-41(26(14-16-45-5)30-29(34)21(3)13-15-38-30)19-27(42)31(43)39-17-23-9-11-24(12-10-23)25-7-6-8-28(40-25)46-33(35,36)37/h6-13,15,20,22,26-27H,14,16-19H2,1-5H3,(H,39,43)/t22-,26-,27-/m1/s1. The summed E-state index contributed by atoms with van der Waals surface area (Å²) in [5, 5.41) is 2.94. The molecular formula is C33H39F4N5O4. The third-order valence-electron chi connectivity index (χ3n) is 7.89. The minimum absolute atomic E-state index is 0.138. The van der Waals surface area contributed by atoms with Crippen molar-refractivity contribution in [2.45, 2.75) is 65.1 Å². The zero-order valence-electron chi connectivity index (χ0n) is 26.5. The lowest BCUT2D eigenvalue weighted by molar-refractivity contribution is -0.276. The van der Waals surface area contributed by atoms with Crippen LogP contribution in [0.25, 0.3) is 11.3 Å². The molecule has 0 bridgehead atoms. The molecule has 3 heterocycles. The van der Waals surface area contributed by atoms with Gasteiger partial charge in [-0.15, -0.1) is 13.2 Å². The van der Waals surface area contributed by atoms with Crippen LogP contribution in [-0.4, -0.2) is 76.8 Å². The van der Waals surface area contributed by atoms with Gasteiger partial charge in [0.15, 0.2) is 0 Å². The van der Waals surface area contributed by atoms with Crippen LogP contribution < -0.4 is 10.1 Å². The van der Waals surface area contributed by atoms with Crippen LogP contribution in [0, 0.1) is 18.7 Å². The highest BCUT2D eigenvalue weighted by atomic mass is 19.4. The third-order valence-corrected chi connectivity index (χ3v) is 7.89. The smallest absolute Gasteiger partial charge is 0.388 e. The molecule has 46 heavy (non-hydrogen) atoms. The number of carbonyl (C=O) groups excluding carboxylic acids is 2. The normalized spacial score (nSPS) is 18.0. The summed E-state index contributed by atoms with van der Waals surface area (Å²) in [7, 11) is 1.57. The van der Waals surface area contributed by atoms with Crippen LogP contribution in [0.2, 0.25) is 0 Å². The zero-order valence-corrected chi connectivity index (χ0v) is 26.5. The first-order valence-corrected chi connectivity index (χ1v) is 15.0. The van der Waals surface area contributed by atoms with Crippen LogP contribution in [0.3, 0.4) is 0 Å². The molecule has 4 rings (SSSR count). The summed E-state index contributed by atoms with van der Waals surface area (Å²) in [6, 6.07) is 10.9. The number of halogens is 4. The van der Waals surface area contributed by atoms with E-state index >= 15 is 4.39 Å². The molecule has 1 saturated heterocycles. The summed E-state index contributed by atoms with van der Waals surface area (Å²) in [6.45, 7) is 8.18. The number of alkyl halides is 3. The Balaban J connectivity index is 1.53. The molecule has 1 aliphatic rings. The highest BCUT2D eigenvalue weighted by molar-refractivity contribution is 5.89. The van der Waals surface area contributed by atoms with Gasteiger partial charge in [0.1, 0.15) is 11.9 Å². The molecule has 248 valence electrons. The number of ether oxygens (including phenoxy) is 2. The summed E-state index contributed by atoms with van der Waals surface area (Å²) >= 11 is 0. The molecule has 3 aromatic rings. The predicted molar refractivity (Wildman–Crippen MR) is 163 cm³/mol.